The highest BCUT2D eigenvalue weighted by molar-refractivity contribution is 5.60. The van der Waals surface area contributed by atoms with Gasteiger partial charge in [-0.25, -0.2) is 8.78 Å². The van der Waals surface area contributed by atoms with E-state index in [0.29, 0.717) is 0 Å². The van der Waals surface area contributed by atoms with Crippen LogP contribution in [0.25, 0.3) is 11.4 Å². The molecule has 17 heavy (non-hydrogen) atoms. The van der Waals surface area contributed by atoms with E-state index in [9.17, 15) is 8.78 Å². The Morgan fingerprint density at radius 3 is 2.18 bits per heavy atom. The van der Waals surface area contributed by atoms with Gasteiger partial charge in [-0.15, -0.1) is 0 Å². The Labute approximate surface area is 95.5 Å². The van der Waals surface area contributed by atoms with Crippen molar-refractivity contribution >= 4 is 11.9 Å². The number of nitrogen functional groups attached to an aromatic ring is 2. The fourth-order valence-corrected chi connectivity index (χ4v) is 1.38. The number of aryl methyl sites for hydroxylation is 1. The third-order valence-electron chi connectivity index (χ3n) is 2.18. The highest BCUT2D eigenvalue weighted by atomic mass is 19.1. The molecule has 0 spiro atoms. The number of nitrogens with zero attached hydrogens (tertiary/aromatic N) is 3. The molecule has 0 aliphatic heterocycles. The zero-order valence-electron chi connectivity index (χ0n) is 8.91. The molecule has 1 aromatic carbocycles. The first-order chi connectivity index (χ1) is 7.99. The molecule has 1 heterocycles. The average Bonchev–Trinajstić information content (AvgIpc) is 2.23. The SMILES string of the molecule is Cc1ccc(F)c(-c2nc(N)nc(N)n2)c1F. The van der Waals surface area contributed by atoms with Crippen LogP contribution in [-0.4, -0.2) is 15.0 Å². The lowest BCUT2D eigenvalue weighted by atomic mass is 10.1. The summed E-state index contributed by atoms with van der Waals surface area (Å²) < 4.78 is 27.3. The van der Waals surface area contributed by atoms with Crippen molar-refractivity contribution in [2.75, 3.05) is 11.5 Å². The predicted molar refractivity (Wildman–Crippen MR) is 58.7 cm³/mol. The monoisotopic (exact) mass is 237 g/mol. The Morgan fingerprint density at radius 1 is 1.00 bits per heavy atom. The van der Waals surface area contributed by atoms with E-state index in [1.54, 1.807) is 0 Å². The van der Waals surface area contributed by atoms with Gasteiger partial charge in [0.15, 0.2) is 5.82 Å². The third kappa shape index (κ3) is 1.99. The molecule has 0 saturated heterocycles. The van der Waals surface area contributed by atoms with Gasteiger partial charge in [0.1, 0.15) is 11.6 Å². The van der Waals surface area contributed by atoms with Gasteiger partial charge in [0.25, 0.3) is 0 Å². The van der Waals surface area contributed by atoms with Gasteiger partial charge in [-0.1, -0.05) is 6.07 Å². The second-order valence-electron chi connectivity index (χ2n) is 3.43. The van der Waals surface area contributed by atoms with Crippen molar-refractivity contribution in [2.45, 2.75) is 6.92 Å². The molecule has 1 aromatic heterocycles. The van der Waals surface area contributed by atoms with Gasteiger partial charge >= 0.3 is 0 Å². The molecule has 0 radical (unpaired) electrons. The molecule has 0 unspecified atom stereocenters. The lowest BCUT2D eigenvalue weighted by Gasteiger charge is -2.06. The topological polar surface area (TPSA) is 90.7 Å². The quantitative estimate of drug-likeness (QED) is 0.779. The highest BCUT2D eigenvalue weighted by Gasteiger charge is 2.17. The van der Waals surface area contributed by atoms with Gasteiger partial charge in [0.2, 0.25) is 11.9 Å². The van der Waals surface area contributed by atoms with E-state index in [1.807, 2.05) is 0 Å². The number of hydrogen-bond acceptors (Lipinski definition) is 5. The van der Waals surface area contributed by atoms with Gasteiger partial charge in [-0.3, -0.25) is 0 Å². The lowest BCUT2D eigenvalue weighted by Crippen LogP contribution is -2.06. The fourth-order valence-electron chi connectivity index (χ4n) is 1.38. The first kappa shape index (κ1) is 11.2. The average molecular weight is 237 g/mol. The summed E-state index contributed by atoms with van der Waals surface area (Å²) in [7, 11) is 0. The second kappa shape index (κ2) is 3.93. The first-order valence-corrected chi connectivity index (χ1v) is 4.71. The van der Waals surface area contributed by atoms with Crippen molar-refractivity contribution in [3.8, 4) is 11.4 Å². The number of rotatable bonds is 1. The third-order valence-corrected chi connectivity index (χ3v) is 2.18. The van der Waals surface area contributed by atoms with Crippen molar-refractivity contribution in [3.63, 3.8) is 0 Å². The van der Waals surface area contributed by atoms with Crippen LogP contribution in [0.15, 0.2) is 12.1 Å². The van der Waals surface area contributed by atoms with Gasteiger partial charge in [0.05, 0.1) is 5.56 Å². The standard InChI is InChI=1S/C10H9F2N5/c1-4-2-3-5(11)6(7(4)12)8-15-9(13)17-10(14)16-8/h2-3H,1H3,(H4,13,14,15,16,17). The Kier molecular flexibility index (Phi) is 2.58. The molecule has 0 saturated carbocycles. The molecule has 0 amide bonds. The maximum absolute atomic E-state index is 13.8. The van der Waals surface area contributed by atoms with E-state index in [1.165, 1.54) is 13.0 Å². The van der Waals surface area contributed by atoms with Gasteiger partial charge in [-0.05, 0) is 18.6 Å². The van der Waals surface area contributed by atoms with Crippen LogP contribution in [-0.2, 0) is 0 Å². The van der Waals surface area contributed by atoms with Crippen LogP contribution < -0.4 is 11.5 Å². The molecule has 7 heteroatoms. The molecule has 0 bridgehead atoms. The lowest BCUT2D eigenvalue weighted by molar-refractivity contribution is 0.581. The van der Waals surface area contributed by atoms with Crippen LogP contribution >= 0.6 is 0 Å². The number of nitrogens with two attached hydrogens (primary N) is 2. The van der Waals surface area contributed by atoms with Crippen molar-refractivity contribution < 1.29 is 8.78 Å². The smallest absolute Gasteiger partial charge is 0.225 e. The first-order valence-electron chi connectivity index (χ1n) is 4.71. The summed E-state index contributed by atoms with van der Waals surface area (Å²) in [5.41, 5.74) is 10.6. The molecule has 0 fully saturated rings. The summed E-state index contributed by atoms with van der Waals surface area (Å²) in [6, 6.07) is 2.45. The number of halogens is 2. The molecule has 0 aliphatic carbocycles. The summed E-state index contributed by atoms with van der Waals surface area (Å²) in [5, 5.41) is 0. The largest absolute Gasteiger partial charge is 0.368 e. The van der Waals surface area contributed by atoms with E-state index in [4.69, 9.17) is 11.5 Å². The van der Waals surface area contributed by atoms with Crippen molar-refractivity contribution in [3.05, 3.63) is 29.3 Å². The van der Waals surface area contributed by atoms with Crippen LogP contribution in [0, 0.1) is 18.6 Å². The van der Waals surface area contributed by atoms with Crippen LogP contribution in [0.2, 0.25) is 0 Å². The van der Waals surface area contributed by atoms with Crippen molar-refractivity contribution in [2.24, 2.45) is 0 Å². The number of benzene rings is 1. The van der Waals surface area contributed by atoms with E-state index in [0.717, 1.165) is 6.07 Å². The van der Waals surface area contributed by atoms with E-state index < -0.39 is 11.6 Å². The zero-order chi connectivity index (χ0) is 12.6. The minimum absolute atomic E-state index is 0.187. The van der Waals surface area contributed by atoms with E-state index in [-0.39, 0.29) is 28.8 Å². The summed E-state index contributed by atoms with van der Waals surface area (Å²) in [4.78, 5) is 10.9. The van der Waals surface area contributed by atoms with E-state index in [2.05, 4.69) is 15.0 Å². The summed E-state index contributed by atoms with van der Waals surface area (Å²) >= 11 is 0. The van der Waals surface area contributed by atoms with E-state index >= 15 is 0 Å². The molecule has 2 aromatic rings. The number of anilines is 2. The Balaban J connectivity index is 2.72. The molecule has 2 rings (SSSR count). The second-order valence-corrected chi connectivity index (χ2v) is 3.43. The minimum Gasteiger partial charge on any atom is -0.368 e. The van der Waals surface area contributed by atoms with Gasteiger partial charge < -0.3 is 11.5 Å². The molecular formula is C10H9F2N5. The Hall–Kier alpha value is -2.31. The van der Waals surface area contributed by atoms with Crippen LogP contribution in [0.4, 0.5) is 20.7 Å². The zero-order valence-corrected chi connectivity index (χ0v) is 8.91. The molecule has 88 valence electrons. The van der Waals surface area contributed by atoms with Crippen LogP contribution in [0.3, 0.4) is 0 Å². The normalized spacial score (nSPS) is 10.5. The van der Waals surface area contributed by atoms with Gasteiger partial charge in [0, 0.05) is 0 Å². The molecule has 5 nitrogen and oxygen atoms in total. The predicted octanol–water partition coefficient (Wildman–Crippen LogP) is 1.29. The maximum Gasteiger partial charge on any atom is 0.225 e. The summed E-state index contributed by atoms with van der Waals surface area (Å²) in [6.07, 6.45) is 0. The van der Waals surface area contributed by atoms with Crippen molar-refractivity contribution in [1.29, 1.82) is 0 Å². The van der Waals surface area contributed by atoms with Crippen LogP contribution in [0.1, 0.15) is 5.56 Å². The molecule has 0 aliphatic rings. The number of hydrogen-bond donors (Lipinski definition) is 2. The summed E-state index contributed by atoms with van der Waals surface area (Å²) in [5.74, 6) is -2.11. The fraction of sp³-hybridized carbons (Fsp3) is 0.100. The molecule has 4 N–H and O–H groups in total. The highest BCUT2D eigenvalue weighted by Crippen LogP contribution is 2.25. The molecule has 0 atom stereocenters. The molecular weight excluding hydrogens is 228 g/mol. The minimum atomic E-state index is -0.780. The van der Waals surface area contributed by atoms with Crippen LogP contribution in [0.5, 0.6) is 0 Å². The van der Waals surface area contributed by atoms with Gasteiger partial charge in [-0.2, -0.15) is 15.0 Å². The Morgan fingerprint density at radius 2 is 1.59 bits per heavy atom. The number of aromatic nitrogens is 3. The Bertz CT molecular complexity index is 565. The summed E-state index contributed by atoms with van der Waals surface area (Å²) in [6.45, 7) is 1.51. The maximum atomic E-state index is 13.8. The van der Waals surface area contributed by atoms with Crippen molar-refractivity contribution in [1.82, 2.24) is 15.0 Å².